The van der Waals surface area contributed by atoms with Crippen LogP contribution in [-0.4, -0.2) is 53.6 Å². The van der Waals surface area contributed by atoms with Gasteiger partial charge in [0.1, 0.15) is 11.6 Å². The number of aliphatic hydroxyl groups excluding tert-OH is 1. The predicted molar refractivity (Wildman–Crippen MR) is 168 cm³/mol. The number of benzene rings is 3. The van der Waals surface area contributed by atoms with Gasteiger partial charge < -0.3 is 20.6 Å². The number of carbonyl (C=O) groups is 2. The third-order valence-corrected chi connectivity index (χ3v) is 7.01. The van der Waals surface area contributed by atoms with E-state index in [-0.39, 0.29) is 24.4 Å². The highest BCUT2D eigenvalue weighted by Crippen LogP contribution is 2.16. The summed E-state index contributed by atoms with van der Waals surface area (Å²) >= 11 is 0. The van der Waals surface area contributed by atoms with Gasteiger partial charge >= 0.3 is 0 Å². The first-order valence-electron chi connectivity index (χ1n) is 14.9. The molecular weight excluding hydrogens is 548 g/mol. The summed E-state index contributed by atoms with van der Waals surface area (Å²) in [6.45, 7) is 9.62. The quantitative estimate of drug-likeness (QED) is 0.201. The molecule has 2 unspecified atom stereocenters. The largest absolute Gasteiger partial charge is 0.390 e. The number of allylic oxidation sites excluding steroid dienone is 1. The van der Waals surface area contributed by atoms with Crippen LogP contribution < -0.4 is 10.6 Å². The molecule has 0 aliphatic heterocycles. The van der Waals surface area contributed by atoms with E-state index in [1.54, 1.807) is 23.1 Å². The molecule has 0 radical (unpaired) electrons. The summed E-state index contributed by atoms with van der Waals surface area (Å²) in [4.78, 5) is 28.5. The first-order chi connectivity index (χ1) is 20.6. The second-order valence-electron chi connectivity index (χ2n) is 10.9. The summed E-state index contributed by atoms with van der Waals surface area (Å²) < 4.78 is 28.0. The second kappa shape index (κ2) is 16.7. The van der Waals surface area contributed by atoms with Gasteiger partial charge in [-0.25, -0.2) is 8.78 Å². The van der Waals surface area contributed by atoms with Crippen molar-refractivity contribution in [2.24, 2.45) is 0 Å². The fraction of sp³-hybridized carbons (Fsp3) is 0.371. The lowest BCUT2D eigenvalue weighted by atomic mass is 9.99. The molecule has 0 spiro atoms. The summed E-state index contributed by atoms with van der Waals surface area (Å²) in [6, 6.07) is 15.2. The zero-order valence-electron chi connectivity index (χ0n) is 25.5. The van der Waals surface area contributed by atoms with Crippen LogP contribution in [0.15, 0.2) is 66.7 Å². The number of hydrogen-bond acceptors (Lipinski definition) is 4. The molecule has 0 bridgehead atoms. The van der Waals surface area contributed by atoms with Gasteiger partial charge in [0.05, 0.1) is 12.1 Å². The SMILES string of the molecule is C/C=C/c1cccc(CNCC(O)C(Cc2cc(F)cc(F)c2)NC(=O)c2cc(C)cc(C(=O)N(CCC)CCC)c2)c1. The van der Waals surface area contributed by atoms with E-state index in [2.05, 4.69) is 10.6 Å². The Morgan fingerprint density at radius 3 is 2.26 bits per heavy atom. The van der Waals surface area contributed by atoms with Crippen LogP contribution in [0, 0.1) is 18.6 Å². The van der Waals surface area contributed by atoms with Crippen molar-refractivity contribution in [2.75, 3.05) is 19.6 Å². The number of hydrogen-bond donors (Lipinski definition) is 3. The van der Waals surface area contributed by atoms with Crippen LogP contribution in [0.5, 0.6) is 0 Å². The zero-order valence-corrected chi connectivity index (χ0v) is 25.5. The molecule has 3 N–H and O–H groups in total. The second-order valence-corrected chi connectivity index (χ2v) is 10.9. The van der Waals surface area contributed by atoms with E-state index >= 15 is 0 Å². The first-order valence-corrected chi connectivity index (χ1v) is 14.9. The van der Waals surface area contributed by atoms with Crippen LogP contribution in [0.25, 0.3) is 6.08 Å². The van der Waals surface area contributed by atoms with Crippen LogP contribution in [0.4, 0.5) is 8.78 Å². The number of aliphatic hydroxyl groups is 1. The number of nitrogens with one attached hydrogen (secondary N) is 2. The molecule has 0 fully saturated rings. The molecule has 3 aromatic rings. The summed E-state index contributed by atoms with van der Waals surface area (Å²) in [6.07, 6.45) is 4.51. The van der Waals surface area contributed by atoms with Crippen molar-refractivity contribution in [3.8, 4) is 0 Å². The van der Waals surface area contributed by atoms with Crippen LogP contribution in [0.2, 0.25) is 0 Å². The molecule has 0 heterocycles. The summed E-state index contributed by atoms with van der Waals surface area (Å²) in [7, 11) is 0. The molecule has 0 saturated heterocycles. The van der Waals surface area contributed by atoms with Crippen molar-refractivity contribution in [2.45, 2.75) is 65.6 Å². The van der Waals surface area contributed by atoms with Crippen LogP contribution >= 0.6 is 0 Å². The standard InChI is InChI=1S/C35H43F2N3O3/c1-5-9-25-10-8-11-26(16-25)22-38-23-33(41)32(19-27-17-30(36)21-31(37)18-27)39-34(42)28-14-24(4)15-29(20-28)35(43)40(12-6-2)13-7-3/h5,8-11,14-18,20-21,32-33,38,41H,6-7,12-13,19,22-23H2,1-4H3,(H,39,42)/b9-5+. The molecule has 0 aliphatic carbocycles. The van der Waals surface area contributed by atoms with E-state index < -0.39 is 29.7 Å². The zero-order chi connectivity index (χ0) is 31.4. The minimum Gasteiger partial charge on any atom is -0.390 e. The van der Waals surface area contributed by atoms with E-state index in [1.165, 1.54) is 12.1 Å². The van der Waals surface area contributed by atoms with E-state index in [9.17, 15) is 23.5 Å². The third-order valence-electron chi connectivity index (χ3n) is 7.01. The van der Waals surface area contributed by atoms with Crippen molar-refractivity contribution < 1.29 is 23.5 Å². The van der Waals surface area contributed by atoms with Crippen molar-refractivity contribution in [3.05, 3.63) is 112 Å². The monoisotopic (exact) mass is 591 g/mol. The predicted octanol–water partition coefficient (Wildman–Crippen LogP) is 6.06. The fourth-order valence-corrected chi connectivity index (χ4v) is 5.10. The van der Waals surface area contributed by atoms with Gasteiger partial charge in [-0.2, -0.15) is 0 Å². The highest BCUT2D eigenvalue weighted by atomic mass is 19.1. The Kier molecular flexibility index (Phi) is 13.0. The van der Waals surface area contributed by atoms with Gasteiger partial charge in [-0.1, -0.05) is 50.3 Å². The molecule has 0 saturated carbocycles. The first kappa shape index (κ1) is 33.6. The Labute approximate surface area is 253 Å². The maximum absolute atomic E-state index is 14.0. The summed E-state index contributed by atoms with van der Waals surface area (Å²) in [5.41, 5.74) is 3.81. The Bertz CT molecular complexity index is 1380. The minimum absolute atomic E-state index is 0.00156. The number of amides is 2. The normalized spacial score (nSPS) is 12.7. The molecule has 230 valence electrons. The van der Waals surface area contributed by atoms with Crippen molar-refractivity contribution in [1.29, 1.82) is 0 Å². The van der Waals surface area contributed by atoms with Crippen LogP contribution in [0.1, 0.15) is 76.6 Å². The lowest BCUT2D eigenvalue weighted by molar-refractivity contribution is 0.0755. The number of aryl methyl sites for hydroxylation is 1. The molecule has 6 nitrogen and oxygen atoms in total. The smallest absolute Gasteiger partial charge is 0.253 e. The lowest BCUT2D eigenvalue weighted by Gasteiger charge is -2.25. The maximum Gasteiger partial charge on any atom is 0.253 e. The number of rotatable bonds is 15. The van der Waals surface area contributed by atoms with Crippen LogP contribution in [-0.2, 0) is 13.0 Å². The summed E-state index contributed by atoms with van der Waals surface area (Å²) in [5, 5.41) is 17.3. The van der Waals surface area contributed by atoms with E-state index in [1.807, 2.05) is 64.1 Å². The van der Waals surface area contributed by atoms with Crippen LogP contribution in [0.3, 0.4) is 0 Å². The van der Waals surface area contributed by atoms with Gasteiger partial charge in [-0.05, 0) is 85.7 Å². The molecule has 2 amide bonds. The molecule has 3 aromatic carbocycles. The molecule has 3 rings (SSSR count). The molecule has 0 aliphatic rings. The van der Waals surface area contributed by atoms with Gasteiger partial charge in [-0.3, -0.25) is 9.59 Å². The Morgan fingerprint density at radius 2 is 1.60 bits per heavy atom. The Morgan fingerprint density at radius 1 is 0.930 bits per heavy atom. The molecular formula is C35H43F2N3O3. The topological polar surface area (TPSA) is 81.7 Å². The van der Waals surface area contributed by atoms with Gasteiger partial charge in [0.15, 0.2) is 0 Å². The number of nitrogens with zero attached hydrogens (tertiary/aromatic N) is 1. The lowest BCUT2D eigenvalue weighted by Crippen LogP contribution is -2.48. The number of carbonyl (C=O) groups excluding carboxylic acids is 2. The van der Waals surface area contributed by atoms with Crippen molar-refractivity contribution in [3.63, 3.8) is 0 Å². The van der Waals surface area contributed by atoms with E-state index in [4.69, 9.17) is 0 Å². The Balaban J connectivity index is 1.80. The van der Waals surface area contributed by atoms with Gasteiger partial charge in [0, 0.05) is 43.4 Å². The number of halogens is 2. The minimum atomic E-state index is -1.08. The molecule has 0 aromatic heterocycles. The highest BCUT2D eigenvalue weighted by molar-refractivity contribution is 6.00. The molecule has 43 heavy (non-hydrogen) atoms. The van der Waals surface area contributed by atoms with Gasteiger partial charge in [0.25, 0.3) is 11.8 Å². The highest BCUT2D eigenvalue weighted by Gasteiger charge is 2.24. The molecule has 8 heteroatoms. The average molecular weight is 592 g/mol. The molecule has 2 atom stereocenters. The van der Waals surface area contributed by atoms with Gasteiger partial charge in [0.2, 0.25) is 0 Å². The van der Waals surface area contributed by atoms with E-state index in [0.29, 0.717) is 30.8 Å². The summed E-state index contributed by atoms with van der Waals surface area (Å²) in [5.74, 6) is -2.11. The average Bonchev–Trinajstić information content (AvgIpc) is 2.96. The van der Waals surface area contributed by atoms with E-state index in [0.717, 1.165) is 35.6 Å². The Hall–Kier alpha value is -3.88. The van der Waals surface area contributed by atoms with Crippen molar-refractivity contribution >= 4 is 17.9 Å². The third kappa shape index (κ3) is 10.4. The van der Waals surface area contributed by atoms with Crippen molar-refractivity contribution in [1.82, 2.24) is 15.5 Å². The fourth-order valence-electron chi connectivity index (χ4n) is 5.10. The maximum atomic E-state index is 14.0. The van der Waals surface area contributed by atoms with Gasteiger partial charge in [-0.15, -0.1) is 0 Å².